The van der Waals surface area contributed by atoms with Gasteiger partial charge < -0.3 is 5.73 Å². The van der Waals surface area contributed by atoms with E-state index in [2.05, 4.69) is 0 Å². The first-order valence-corrected chi connectivity index (χ1v) is 3.96. The summed E-state index contributed by atoms with van der Waals surface area (Å²) in [7, 11) is 0. The molecule has 0 fully saturated rings. The Morgan fingerprint density at radius 2 is 1.82 bits per heavy atom. The molecule has 0 radical (unpaired) electrons. The first-order valence-electron chi connectivity index (χ1n) is 3.96. The van der Waals surface area contributed by atoms with Gasteiger partial charge in [0, 0.05) is 12.5 Å². The summed E-state index contributed by atoms with van der Waals surface area (Å²) in [6.45, 7) is 4.82. The Morgan fingerprint density at radius 1 is 1.36 bits per heavy atom. The summed E-state index contributed by atoms with van der Waals surface area (Å²) in [6, 6.07) is -0.0965. The molecule has 1 nitrogen and oxygen atoms in total. The first kappa shape index (κ1) is 10.8. The third kappa shape index (κ3) is 6.23. The molecule has 0 amide bonds. The zero-order valence-electron chi connectivity index (χ0n) is 7.40. The fourth-order valence-corrected chi connectivity index (χ4v) is 0.753. The SMILES string of the molecule is CC(C)C(N)CCC(C)(F)F. The molecule has 0 saturated heterocycles. The van der Waals surface area contributed by atoms with Crippen molar-refractivity contribution >= 4 is 0 Å². The van der Waals surface area contributed by atoms with Crippen molar-refractivity contribution in [1.82, 2.24) is 0 Å². The lowest BCUT2D eigenvalue weighted by molar-refractivity contribution is 0.00820. The van der Waals surface area contributed by atoms with Crippen LogP contribution in [0.4, 0.5) is 8.78 Å². The second kappa shape index (κ2) is 4.00. The van der Waals surface area contributed by atoms with Crippen LogP contribution in [0, 0.1) is 5.92 Å². The van der Waals surface area contributed by atoms with E-state index in [1.54, 1.807) is 0 Å². The summed E-state index contributed by atoms with van der Waals surface area (Å²) in [5, 5.41) is 0. The molecule has 0 aliphatic heterocycles. The zero-order valence-corrected chi connectivity index (χ0v) is 7.40. The van der Waals surface area contributed by atoms with Gasteiger partial charge in [-0.25, -0.2) is 8.78 Å². The van der Waals surface area contributed by atoms with Gasteiger partial charge in [-0.3, -0.25) is 0 Å². The maximum atomic E-state index is 12.3. The van der Waals surface area contributed by atoms with Gasteiger partial charge in [0.1, 0.15) is 0 Å². The number of nitrogens with two attached hydrogens (primary N) is 1. The normalized spacial score (nSPS) is 15.5. The molecule has 0 heterocycles. The van der Waals surface area contributed by atoms with Crippen molar-refractivity contribution in [3.05, 3.63) is 0 Å². The van der Waals surface area contributed by atoms with E-state index >= 15 is 0 Å². The topological polar surface area (TPSA) is 26.0 Å². The zero-order chi connectivity index (χ0) is 9.07. The van der Waals surface area contributed by atoms with Gasteiger partial charge in [0.15, 0.2) is 0 Å². The fourth-order valence-electron chi connectivity index (χ4n) is 0.753. The van der Waals surface area contributed by atoms with Gasteiger partial charge in [0.25, 0.3) is 0 Å². The van der Waals surface area contributed by atoms with E-state index in [1.807, 2.05) is 13.8 Å². The lowest BCUT2D eigenvalue weighted by Gasteiger charge is -2.17. The quantitative estimate of drug-likeness (QED) is 0.680. The largest absolute Gasteiger partial charge is 0.327 e. The third-order valence-corrected chi connectivity index (χ3v) is 1.77. The maximum absolute atomic E-state index is 12.3. The monoisotopic (exact) mass is 165 g/mol. The van der Waals surface area contributed by atoms with Crippen molar-refractivity contribution in [1.29, 1.82) is 0 Å². The van der Waals surface area contributed by atoms with Crippen LogP contribution < -0.4 is 5.73 Å². The second-order valence-corrected chi connectivity index (χ2v) is 3.52. The van der Waals surface area contributed by atoms with Gasteiger partial charge in [-0.05, 0) is 19.3 Å². The molecule has 68 valence electrons. The molecular formula is C8H17F2N. The molecule has 0 aliphatic rings. The van der Waals surface area contributed by atoms with Crippen LogP contribution in [-0.2, 0) is 0 Å². The van der Waals surface area contributed by atoms with E-state index in [0.29, 0.717) is 6.42 Å². The number of rotatable bonds is 4. The molecule has 0 aromatic heterocycles. The van der Waals surface area contributed by atoms with Crippen molar-refractivity contribution in [3.8, 4) is 0 Å². The molecule has 1 unspecified atom stereocenters. The van der Waals surface area contributed by atoms with Crippen molar-refractivity contribution in [2.75, 3.05) is 0 Å². The van der Waals surface area contributed by atoms with E-state index in [-0.39, 0.29) is 18.4 Å². The highest BCUT2D eigenvalue weighted by atomic mass is 19.3. The smallest absolute Gasteiger partial charge is 0.245 e. The molecule has 0 rings (SSSR count). The van der Waals surface area contributed by atoms with Crippen molar-refractivity contribution in [2.45, 2.75) is 45.6 Å². The Balaban J connectivity index is 3.54. The van der Waals surface area contributed by atoms with Crippen LogP contribution in [-0.4, -0.2) is 12.0 Å². The van der Waals surface area contributed by atoms with Crippen LogP contribution in [0.25, 0.3) is 0 Å². The minimum Gasteiger partial charge on any atom is -0.327 e. The van der Waals surface area contributed by atoms with Crippen LogP contribution in [0.15, 0.2) is 0 Å². The van der Waals surface area contributed by atoms with Crippen LogP contribution >= 0.6 is 0 Å². The van der Waals surface area contributed by atoms with Crippen molar-refractivity contribution in [2.24, 2.45) is 11.7 Å². The van der Waals surface area contributed by atoms with E-state index < -0.39 is 5.92 Å². The van der Waals surface area contributed by atoms with Gasteiger partial charge in [0.2, 0.25) is 5.92 Å². The number of hydrogen-bond acceptors (Lipinski definition) is 1. The fraction of sp³-hybridized carbons (Fsp3) is 1.00. The number of alkyl halides is 2. The predicted octanol–water partition coefficient (Wildman–Crippen LogP) is 2.41. The third-order valence-electron chi connectivity index (χ3n) is 1.77. The molecule has 1 atom stereocenters. The highest BCUT2D eigenvalue weighted by molar-refractivity contribution is 4.69. The van der Waals surface area contributed by atoms with Crippen LogP contribution in [0.1, 0.15) is 33.6 Å². The van der Waals surface area contributed by atoms with E-state index in [9.17, 15) is 8.78 Å². The molecule has 0 saturated carbocycles. The molecular weight excluding hydrogens is 148 g/mol. The highest BCUT2D eigenvalue weighted by Gasteiger charge is 2.22. The molecule has 0 aromatic carbocycles. The number of hydrogen-bond donors (Lipinski definition) is 1. The lowest BCUT2D eigenvalue weighted by atomic mass is 9.99. The van der Waals surface area contributed by atoms with E-state index in [0.717, 1.165) is 6.92 Å². The standard InChI is InChI=1S/C8H17F2N/c1-6(2)7(11)4-5-8(3,9)10/h6-7H,4-5,11H2,1-3H3. The molecule has 0 bridgehead atoms. The van der Waals surface area contributed by atoms with Gasteiger partial charge in [-0.2, -0.15) is 0 Å². The van der Waals surface area contributed by atoms with Gasteiger partial charge in [-0.15, -0.1) is 0 Å². The Morgan fingerprint density at radius 3 is 2.09 bits per heavy atom. The molecule has 0 aliphatic carbocycles. The predicted molar refractivity (Wildman–Crippen MR) is 42.7 cm³/mol. The van der Waals surface area contributed by atoms with Crippen molar-refractivity contribution in [3.63, 3.8) is 0 Å². The first-order chi connectivity index (χ1) is 4.83. The molecule has 11 heavy (non-hydrogen) atoms. The summed E-state index contributed by atoms with van der Waals surface area (Å²) in [4.78, 5) is 0. The summed E-state index contributed by atoms with van der Waals surface area (Å²) in [6.07, 6.45) is 0.299. The summed E-state index contributed by atoms with van der Waals surface area (Å²) >= 11 is 0. The van der Waals surface area contributed by atoms with Crippen LogP contribution in [0.5, 0.6) is 0 Å². The maximum Gasteiger partial charge on any atom is 0.245 e. The average Bonchev–Trinajstić information content (AvgIpc) is 1.80. The summed E-state index contributed by atoms with van der Waals surface area (Å²) < 4.78 is 24.6. The second-order valence-electron chi connectivity index (χ2n) is 3.52. The summed E-state index contributed by atoms with van der Waals surface area (Å²) in [5.74, 6) is -2.27. The summed E-state index contributed by atoms with van der Waals surface area (Å²) in [5.41, 5.74) is 5.59. The Hall–Kier alpha value is -0.180. The highest BCUT2D eigenvalue weighted by Crippen LogP contribution is 2.20. The molecule has 3 heteroatoms. The van der Waals surface area contributed by atoms with Gasteiger partial charge in [0.05, 0.1) is 0 Å². The van der Waals surface area contributed by atoms with Gasteiger partial charge >= 0.3 is 0 Å². The Bertz CT molecular complexity index is 107. The minimum atomic E-state index is -2.56. The number of halogens is 2. The Kier molecular flexibility index (Phi) is 3.93. The van der Waals surface area contributed by atoms with E-state index in [1.165, 1.54) is 0 Å². The van der Waals surface area contributed by atoms with Crippen molar-refractivity contribution < 1.29 is 8.78 Å². The molecule has 0 spiro atoms. The lowest BCUT2D eigenvalue weighted by Crippen LogP contribution is -2.28. The van der Waals surface area contributed by atoms with E-state index in [4.69, 9.17) is 5.73 Å². The van der Waals surface area contributed by atoms with Crippen LogP contribution in [0.2, 0.25) is 0 Å². The van der Waals surface area contributed by atoms with Crippen LogP contribution in [0.3, 0.4) is 0 Å². The Labute approximate surface area is 67.0 Å². The molecule has 0 aromatic rings. The minimum absolute atomic E-state index is 0.0965. The average molecular weight is 165 g/mol. The van der Waals surface area contributed by atoms with Gasteiger partial charge in [-0.1, -0.05) is 13.8 Å². The molecule has 2 N–H and O–H groups in total.